The molecule has 5 rings (SSSR count). The molecule has 1 aliphatic rings. The van der Waals surface area contributed by atoms with Gasteiger partial charge in [-0.25, -0.2) is 9.97 Å². The van der Waals surface area contributed by atoms with Crippen molar-refractivity contribution >= 4 is 28.0 Å². The molecule has 1 fully saturated rings. The van der Waals surface area contributed by atoms with E-state index in [4.69, 9.17) is 4.98 Å². The van der Waals surface area contributed by atoms with Crippen molar-refractivity contribution in [3.8, 4) is 0 Å². The van der Waals surface area contributed by atoms with Crippen molar-refractivity contribution in [2.24, 2.45) is 0 Å². The summed E-state index contributed by atoms with van der Waals surface area (Å²) in [5, 5.41) is 0. The molecule has 0 aliphatic carbocycles. The average molecular weight is 416 g/mol. The highest BCUT2D eigenvalue weighted by molar-refractivity contribution is 5.78. The highest BCUT2D eigenvalue weighted by Crippen LogP contribution is 2.31. The van der Waals surface area contributed by atoms with Crippen molar-refractivity contribution in [3.63, 3.8) is 0 Å². The van der Waals surface area contributed by atoms with Crippen molar-refractivity contribution in [2.45, 2.75) is 51.5 Å². The van der Waals surface area contributed by atoms with Gasteiger partial charge in [-0.1, -0.05) is 24.3 Å². The van der Waals surface area contributed by atoms with E-state index >= 15 is 0 Å². The maximum atomic E-state index is 13.0. The molecule has 0 spiro atoms. The molecule has 1 atom stereocenters. The maximum absolute atomic E-state index is 13.0. The monoisotopic (exact) mass is 415 g/mol. The van der Waals surface area contributed by atoms with E-state index < -0.39 is 0 Å². The van der Waals surface area contributed by atoms with Crippen LogP contribution in [-0.2, 0) is 11.2 Å². The molecule has 6 heteroatoms. The number of hydrogen-bond donors (Lipinski definition) is 1. The predicted octanol–water partition coefficient (Wildman–Crippen LogP) is 4.83. The van der Waals surface area contributed by atoms with Gasteiger partial charge in [0.15, 0.2) is 0 Å². The minimum atomic E-state index is 0.206. The van der Waals surface area contributed by atoms with Gasteiger partial charge in [-0.2, -0.15) is 0 Å². The van der Waals surface area contributed by atoms with Gasteiger partial charge in [0.05, 0.1) is 22.1 Å². The van der Waals surface area contributed by atoms with Crippen LogP contribution in [0.25, 0.3) is 22.1 Å². The van der Waals surface area contributed by atoms with Crippen molar-refractivity contribution < 1.29 is 4.79 Å². The Morgan fingerprint density at radius 2 is 1.87 bits per heavy atom. The largest absolute Gasteiger partial charge is 0.342 e. The number of benzene rings is 2. The third-order valence-electron chi connectivity index (χ3n) is 6.29. The molecule has 0 radical (unpaired) electrons. The Morgan fingerprint density at radius 1 is 1.10 bits per heavy atom. The number of aromatic nitrogens is 4. The summed E-state index contributed by atoms with van der Waals surface area (Å²) < 4.78 is 2.35. The number of aryl methyl sites for hydroxylation is 1. The van der Waals surface area contributed by atoms with Gasteiger partial charge in [0, 0.05) is 37.9 Å². The number of imidazole rings is 2. The number of carbonyl (C=O) groups excluding carboxylic acids is 1. The van der Waals surface area contributed by atoms with E-state index in [-0.39, 0.29) is 11.8 Å². The SMILES string of the molecule is CC(C)n1c([C@H]2CCCN(C(=O)CCc3nc4ccccc4[nH]3)C2)nc2ccccc21. The molecule has 6 nitrogen and oxygen atoms in total. The number of rotatable bonds is 5. The Hall–Kier alpha value is -3.15. The molecular formula is C25H29N5O. The smallest absolute Gasteiger partial charge is 0.223 e. The van der Waals surface area contributed by atoms with Crippen LogP contribution in [-0.4, -0.2) is 43.4 Å². The number of H-pyrrole nitrogens is 1. The Bertz CT molecular complexity index is 1190. The van der Waals surface area contributed by atoms with Crippen LogP contribution in [0.4, 0.5) is 0 Å². The molecular weight excluding hydrogens is 386 g/mol. The summed E-state index contributed by atoms with van der Waals surface area (Å²) in [5.41, 5.74) is 4.20. The van der Waals surface area contributed by atoms with Crippen LogP contribution in [0.1, 0.15) is 56.7 Å². The molecule has 160 valence electrons. The molecule has 0 saturated carbocycles. The van der Waals surface area contributed by atoms with Crippen molar-refractivity contribution in [1.82, 2.24) is 24.4 Å². The van der Waals surface area contributed by atoms with Gasteiger partial charge in [-0.3, -0.25) is 4.79 Å². The number of piperidine rings is 1. The second-order valence-corrected chi connectivity index (χ2v) is 8.80. The first-order valence-electron chi connectivity index (χ1n) is 11.3. The highest BCUT2D eigenvalue weighted by atomic mass is 16.2. The average Bonchev–Trinajstić information content (AvgIpc) is 3.38. The first kappa shape index (κ1) is 19.8. The normalized spacial score (nSPS) is 17.1. The summed E-state index contributed by atoms with van der Waals surface area (Å²) in [6.07, 6.45) is 3.21. The van der Waals surface area contributed by atoms with Crippen LogP contribution in [0.15, 0.2) is 48.5 Å². The van der Waals surface area contributed by atoms with E-state index in [0.717, 1.165) is 54.1 Å². The molecule has 1 N–H and O–H groups in total. The summed E-state index contributed by atoms with van der Waals surface area (Å²) >= 11 is 0. The van der Waals surface area contributed by atoms with Crippen molar-refractivity contribution in [1.29, 1.82) is 0 Å². The first-order chi connectivity index (χ1) is 15.1. The molecule has 2 aromatic carbocycles. The molecule has 1 aliphatic heterocycles. The topological polar surface area (TPSA) is 66.8 Å². The van der Waals surface area contributed by atoms with Crippen LogP contribution < -0.4 is 0 Å². The van der Waals surface area contributed by atoms with Gasteiger partial charge in [0.2, 0.25) is 5.91 Å². The number of carbonyl (C=O) groups is 1. The molecule has 31 heavy (non-hydrogen) atoms. The summed E-state index contributed by atoms with van der Waals surface area (Å²) in [6.45, 7) is 5.99. The number of nitrogens with zero attached hydrogens (tertiary/aromatic N) is 4. The van der Waals surface area contributed by atoms with Gasteiger partial charge < -0.3 is 14.5 Å². The summed E-state index contributed by atoms with van der Waals surface area (Å²) in [6, 6.07) is 16.7. The Balaban J connectivity index is 1.30. The van der Waals surface area contributed by atoms with Crippen LogP contribution in [0.3, 0.4) is 0 Å². The summed E-state index contributed by atoms with van der Waals surface area (Å²) in [7, 11) is 0. The van der Waals surface area contributed by atoms with Gasteiger partial charge in [0.1, 0.15) is 11.6 Å². The number of nitrogens with one attached hydrogen (secondary N) is 1. The van der Waals surface area contributed by atoms with Gasteiger partial charge in [0.25, 0.3) is 0 Å². The number of aromatic amines is 1. The van der Waals surface area contributed by atoms with Crippen LogP contribution in [0, 0.1) is 0 Å². The molecule has 1 saturated heterocycles. The lowest BCUT2D eigenvalue weighted by Gasteiger charge is -2.33. The maximum Gasteiger partial charge on any atom is 0.223 e. The van der Waals surface area contributed by atoms with Gasteiger partial charge in [-0.05, 0) is 51.0 Å². The summed E-state index contributed by atoms with van der Waals surface area (Å²) in [5.74, 6) is 2.48. The third kappa shape index (κ3) is 3.82. The van der Waals surface area contributed by atoms with E-state index in [1.54, 1.807) is 0 Å². The van der Waals surface area contributed by atoms with Crippen molar-refractivity contribution in [3.05, 3.63) is 60.2 Å². The standard InChI is InChI=1S/C25H29N5O/c1-17(2)30-22-12-6-5-11-21(22)28-25(30)18-8-7-15-29(16-18)24(31)14-13-23-26-19-9-3-4-10-20(19)27-23/h3-6,9-12,17-18H,7-8,13-16H2,1-2H3,(H,26,27)/t18-/m0/s1. The van der Waals surface area contributed by atoms with Crippen molar-refractivity contribution in [2.75, 3.05) is 13.1 Å². The number of fused-ring (bicyclic) bond motifs is 2. The van der Waals surface area contributed by atoms with E-state index in [1.165, 1.54) is 5.52 Å². The van der Waals surface area contributed by atoms with Gasteiger partial charge in [-0.15, -0.1) is 0 Å². The minimum Gasteiger partial charge on any atom is -0.342 e. The molecule has 3 heterocycles. The quantitative estimate of drug-likeness (QED) is 0.508. The zero-order valence-electron chi connectivity index (χ0n) is 18.2. The number of hydrogen-bond acceptors (Lipinski definition) is 3. The fraction of sp³-hybridized carbons (Fsp3) is 0.400. The second kappa shape index (κ2) is 8.17. The van der Waals surface area contributed by atoms with Crippen LogP contribution >= 0.6 is 0 Å². The lowest BCUT2D eigenvalue weighted by molar-refractivity contribution is -0.132. The molecule has 1 amide bonds. The Morgan fingerprint density at radius 3 is 2.68 bits per heavy atom. The molecule has 0 bridgehead atoms. The van der Waals surface area contributed by atoms with Crippen LogP contribution in [0.2, 0.25) is 0 Å². The first-order valence-corrected chi connectivity index (χ1v) is 11.3. The van der Waals surface area contributed by atoms with Gasteiger partial charge >= 0.3 is 0 Å². The highest BCUT2D eigenvalue weighted by Gasteiger charge is 2.29. The summed E-state index contributed by atoms with van der Waals surface area (Å²) in [4.78, 5) is 28.0. The molecule has 0 unspecified atom stereocenters. The number of likely N-dealkylation sites (tertiary alicyclic amines) is 1. The fourth-order valence-corrected chi connectivity index (χ4v) is 4.82. The lowest BCUT2D eigenvalue weighted by Crippen LogP contribution is -2.40. The minimum absolute atomic E-state index is 0.206. The van der Waals surface area contributed by atoms with E-state index in [2.05, 4.69) is 46.6 Å². The Labute approximate surface area is 182 Å². The number of amides is 1. The van der Waals surface area contributed by atoms with E-state index in [9.17, 15) is 4.79 Å². The van der Waals surface area contributed by atoms with E-state index in [0.29, 0.717) is 18.9 Å². The molecule has 4 aromatic rings. The zero-order valence-corrected chi connectivity index (χ0v) is 18.2. The number of para-hydroxylation sites is 4. The lowest BCUT2D eigenvalue weighted by atomic mass is 9.96. The zero-order chi connectivity index (χ0) is 21.4. The third-order valence-corrected chi connectivity index (χ3v) is 6.29. The molecule has 2 aromatic heterocycles. The predicted molar refractivity (Wildman–Crippen MR) is 123 cm³/mol. The fourth-order valence-electron chi connectivity index (χ4n) is 4.82. The van der Waals surface area contributed by atoms with E-state index in [1.807, 2.05) is 35.2 Å². The second-order valence-electron chi connectivity index (χ2n) is 8.80. The van der Waals surface area contributed by atoms with Crippen LogP contribution in [0.5, 0.6) is 0 Å². The Kier molecular flexibility index (Phi) is 5.22.